The maximum atomic E-state index is 13.9. The Hall–Kier alpha value is -4.58. The maximum Gasteiger partial charge on any atom is 0.524 e. The molecule has 0 spiro atoms. The molecule has 2 fully saturated rings. The van der Waals surface area contributed by atoms with Crippen LogP contribution >= 0.6 is 19.6 Å². The minimum Gasteiger partial charge on any atom is -0.404 e. The van der Waals surface area contributed by atoms with Gasteiger partial charge >= 0.3 is 13.9 Å². The molecule has 0 aliphatic carbocycles. The van der Waals surface area contributed by atoms with Crippen LogP contribution in [0.5, 0.6) is 5.75 Å². The maximum absolute atomic E-state index is 13.9. The highest BCUT2D eigenvalue weighted by molar-refractivity contribution is 8.00. The van der Waals surface area contributed by atoms with Crippen molar-refractivity contribution in [1.82, 2.24) is 37.2 Å². The van der Waals surface area contributed by atoms with E-state index in [-0.39, 0.29) is 99.5 Å². The molecule has 25 heteroatoms. The van der Waals surface area contributed by atoms with Crippen molar-refractivity contribution in [3.05, 3.63) is 29.3 Å². The molecule has 3 rings (SSSR count). The van der Waals surface area contributed by atoms with Crippen LogP contribution in [0.25, 0.3) is 0 Å². The number of ether oxygens (including phenoxy) is 2. The molecule has 378 valence electrons. The first kappa shape index (κ1) is 56.7. The number of unbranched alkanes of at least 4 members (excludes halogenated alkanes) is 2. The van der Waals surface area contributed by atoms with E-state index in [0.717, 1.165) is 31.1 Å². The van der Waals surface area contributed by atoms with Gasteiger partial charge in [-0.15, -0.1) is 0 Å². The minimum absolute atomic E-state index is 0.0485. The van der Waals surface area contributed by atoms with E-state index in [9.17, 15) is 52.3 Å². The van der Waals surface area contributed by atoms with E-state index in [2.05, 4.69) is 41.7 Å². The first-order chi connectivity index (χ1) is 31.9. The molecule has 0 saturated carbocycles. The van der Waals surface area contributed by atoms with Gasteiger partial charge in [0.05, 0.1) is 38.5 Å². The molecule has 1 aromatic rings. The number of alkyl halides is 1. The summed E-state index contributed by atoms with van der Waals surface area (Å²) in [6.45, 7) is 4.28. The number of thioether (sulfide) groups is 1. The lowest BCUT2D eigenvalue weighted by Crippen LogP contribution is -2.57. The number of carbonyl (C=O) groups excluding carboxylic acids is 7. The molecule has 0 bridgehead atoms. The number of amides is 8. The zero-order valence-corrected chi connectivity index (χ0v) is 39.9. The molecule has 2 heterocycles. The lowest BCUT2D eigenvalue weighted by Gasteiger charge is -2.26. The lowest BCUT2D eigenvalue weighted by atomic mass is 9.99. The van der Waals surface area contributed by atoms with Crippen molar-refractivity contribution < 1.29 is 66.3 Å². The first-order valence-electron chi connectivity index (χ1n) is 22.6. The van der Waals surface area contributed by atoms with Gasteiger partial charge in [0, 0.05) is 55.3 Å². The summed E-state index contributed by atoms with van der Waals surface area (Å²) in [7, 11) is -5.03. The molecule has 0 aromatic heterocycles. The molecule has 67 heavy (non-hydrogen) atoms. The summed E-state index contributed by atoms with van der Waals surface area (Å²) in [5.74, 6) is -3.08. The second-order valence-electron chi connectivity index (χ2n) is 16.7. The Bertz CT molecular complexity index is 1850. The SMILES string of the molecule is CC(C)CC(NC(=O)C(Cc1ccc(OP(=O)(O)O)c(CF)c1)NC(=O)C(CCCCN)NC(=O)CCC(=O)NCCOCCOCCNC(=O)CCCCC1SC[C@H]2NC(=O)N[C@@H]12)C(N)=O. The first-order valence-corrected chi connectivity index (χ1v) is 25.2. The van der Waals surface area contributed by atoms with E-state index in [4.69, 9.17) is 20.9 Å². The Labute approximate surface area is 394 Å². The summed E-state index contributed by atoms with van der Waals surface area (Å²) in [6, 6.07) is 0.211. The Morgan fingerprint density at radius 1 is 0.851 bits per heavy atom. The van der Waals surface area contributed by atoms with Crippen LogP contribution in [0, 0.1) is 5.92 Å². The third kappa shape index (κ3) is 22.4. The molecule has 4 unspecified atom stereocenters. The van der Waals surface area contributed by atoms with Gasteiger partial charge in [0.25, 0.3) is 0 Å². The summed E-state index contributed by atoms with van der Waals surface area (Å²) in [6.07, 6.45) is 3.49. The van der Waals surface area contributed by atoms with Gasteiger partial charge in [0.15, 0.2) is 0 Å². The molecule has 0 radical (unpaired) electrons. The van der Waals surface area contributed by atoms with Crippen LogP contribution in [-0.2, 0) is 55.9 Å². The number of carbonyl (C=O) groups is 7. The minimum atomic E-state index is -5.03. The van der Waals surface area contributed by atoms with Crippen LogP contribution in [0.4, 0.5) is 9.18 Å². The number of fused-ring (bicyclic) bond motifs is 1. The second-order valence-corrected chi connectivity index (χ2v) is 19.1. The van der Waals surface area contributed by atoms with Gasteiger partial charge in [0.2, 0.25) is 35.4 Å². The van der Waals surface area contributed by atoms with Crippen molar-refractivity contribution in [3.63, 3.8) is 0 Å². The molecule has 13 N–H and O–H groups in total. The van der Waals surface area contributed by atoms with Crippen molar-refractivity contribution >= 4 is 61.1 Å². The fourth-order valence-electron chi connectivity index (χ4n) is 7.34. The normalized spacial score (nSPS) is 17.9. The highest BCUT2D eigenvalue weighted by Crippen LogP contribution is 2.39. The second kappa shape index (κ2) is 30.0. The van der Waals surface area contributed by atoms with Crippen LogP contribution in [0.2, 0.25) is 0 Å². The number of phosphoric acid groups is 1. The van der Waals surface area contributed by atoms with Crippen molar-refractivity contribution in [2.75, 3.05) is 51.8 Å². The smallest absolute Gasteiger partial charge is 0.404 e. The molecular formula is C42H69FN9O13PS. The van der Waals surface area contributed by atoms with Gasteiger partial charge in [-0.3, -0.25) is 38.6 Å². The standard InChI is InChI=1S/C42H69FN9O13PS/c1-26(2)21-30(39(45)56)49-41(58)31(23-27-10-11-33(28(22-27)24-43)65-66(60,61)62)50-40(57)29(7-5-6-14-44)48-37(55)13-12-36(54)47-16-18-64-20-19-63-17-15-46-35(53)9-4-3-8-34-38-32(25-67-34)51-42(59)52-38/h10-11,22,26,29-32,34,38H,3-9,12-21,23-25,44H2,1-2H3,(H2,45,56)(H,46,53)(H,47,54)(H,48,55)(H,49,58)(H,50,57)(H2,51,52,59)(H2,60,61,62)/t29?,30?,31?,32-,34?,38-/m1/s1. The zero-order valence-electron chi connectivity index (χ0n) is 38.2. The fraction of sp³-hybridized carbons (Fsp3) is 0.690. The van der Waals surface area contributed by atoms with Gasteiger partial charge in [-0.25, -0.2) is 13.8 Å². The molecule has 2 saturated heterocycles. The predicted molar refractivity (Wildman–Crippen MR) is 246 cm³/mol. The molecule has 1 aromatic carbocycles. The third-order valence-corrected chi connectivity index (χ3v) is 12.6. The van der Waals surface area contributed by atoms with Crippen molar-refractivity contribution in [1.29, 1.82) is 0 Å². The summed E-state index contributed by atoms with van der Waals surface area (Å²) in [5, 5.41) is 19.5. The monoisotopic (exact) mass is 989 g/mol. The van der Waals surface area contributed by atoms with E-state index < -0.39 is 67.9 Å². The number of halogens is 1. The molecule has 2 aliphatic heterocycles. The topological polar surface area (TPSA) is 341 Å². The average molecular weight is 990 g/mol. The van der Waals surface area contributed by atoms with Crippen LogP contribution in [0.1, 0.15) is 89.2 Å². The van der Waals surface area contributed by atoms with E-state index in [0.29, 0.717) is 44.2 Å². The lowest BCUT2D eigenvalue weighted by molar-refractivity contribution is -0.133. The number of phosphoric ester groups is 1. The Balaban J connectivity index is 1.39. The summed E-state index contributed by atoms with van der Waals surface area (Å²) >= 11 is 1.85. The predicted octanol–water partition coefficient (Wildman–Crippen LogP) is 0.0565. The van der Waals surface area contributed by atoms with Gasteiger partial charge in [0.1, 0.15) is 30.5 Å². The number of hydrogen-bond acceptors (Lipinski definition) is 13. The number of benzene rings is 1. The Morgan fingerprint density at radius 3 is 2.12 bits per heavy atom. The van der Waals surface area contributed by atoms with Gasteiger partial charge in [-0.1, -0.05) is 26.3 Å². The average Bonchev–Trinajstić information content (AvgIpc) is 3.82. The molecule has 22 nitrogen and oxygen atoms in total. The number of rotatable bonds is 34. The van der Waals surface area contributed by atoms with Gasteiger partial charge in [-0.05, 0) is 68.7 Å². The number of primary amides is 1. The largest absolute Gasteiger partial charge is 0.524 e. The summed E-state index contributed by atoms with van der Waals surface area (Å²) < 4.78 is 40.9. The van der Waals surface area contributed by atoms with Crippen LogP contribution in [-0.4, -0.2) is 139 Å². The summed E-state index contributed by atoms with van der Waals surface area (Å²) in [5.41, 5.74) is 11.2. The van der Waals surface area contributed by atoms with E-state index in [1.54, 1.807) is 0 Å². The zero-order chi connectivity index (χ0) is 49.4. The van der Waals surface area contributed by atoms with Crippen molar-refractivity contribution in [2.45, 2.75) is 127 Å². The van der Waals surface area contributed by atoms with Crippen molar-refractivity contribution in [3.8, 4) is 5.75 Å². The van der Waals surface area contributed by atoms with Gasteiger partial charge in [-0.2, -0.15) is 11.8 Å². The Kier molecular flexibility index (Phi) is 25.4. The van der Waals surface area contributed by atoms with E-state index in [1.807, 2.05) is 25.6 Å². The number of hydrogen-bond donors (Lipinski definition) is 11. The van der Waals surface area contributed by atoms with Gasteiger partial charge < -0.3 is 62.7 Å². The third-order valence-electron chi connectivity index (χ3n) is 10.7. The molecule has 6 atom stereocenters. The molecule has 8 amide bonds. The van der Waals surface area contributed by atoms with E-state index >= 15 is 0 Å². The molecular weight excluding hydrogens is 921 g/mol. The fourth-order valence-corrected chi connectivity index (χ4v) is 9.32. The number of urea groups is 1. The van der Waals surface area contributed by atoms with Crippen LogP contribution in [0.3, 0.4) is 0 Å². The quantitative estimate of drug-likeness (QED) is 0.0247. The highest BCUT2D eigenvalue weighted by Gasteiger charge is 2.42. The number of nitrogens with one attached hydrogen (secondary N) is 7. The summed E-state index contributed by atoms with van der Waals surface area (Å²) in [4.78, 5) is 107. The highest BCUT2D eigenvalue weighted by atomic mass is 32.2. The number of nitrogens with two attached hydrogens (primary N) is 2. The van der Waals surface area contributed by atoms with Crippen LogP contribution in [0.15, 0.2) is 18.2 Å². The van der Waals surface area contributed by atoms with Crippen molar-refractivity contribution in [2.24, 2.45) is 17.4 Å². The molecule has 2 aliphatic rings. The Morgan fingerprint density at radius 2 is 1.49 bits per heavy atom. The van der Waals surface area contributed by atoms with E-state index in [1.165, 1.54) is 12.1 Å². The van der Waals surface area contributed by atoms with Crippen LogP contribution < -0.4 is 53.2 Å².